The molecule has 22 heavy (non-hydrogen) atoms. The van der Waals surface area contributed by atoms with E-state index < -0.39 is 0 Å². The van der Waals surface area contributed by atoms with Crippen molar-refractivity contribution in [3.63, 3.8) is 0 Å². The van der Waals surface area contributed by atoms with Gasteiger partial charge in [-0.1, -0.05) is 18.2 Å². The van der Waals surface area contributed by atoms with E-state index in [-0.39, 0.29) is 0 Å². The molecule has 0 aliphatic heterocycles. The molecule has 0 aliphatic carbocycles. The third kappa shape index (κ3) is 4.17. The van der Waals surface area contributed by atoms with Crippen molar-refractivity contribution in [3.05, 3.63) is 53.1 Å². The van der Waals surface area contributed by atoms with E-state index in [1.54, 1.807) is 0 Å². The van der Waals surface area contributed by atoms with Crippen molar-refractivity contribution in [2.75, 3.05) is 18.5 Å². The number of ether oxygens (including phenoxy) is 2. The van der Waals surface area contributed by atoms with E-state index in [0.29, 0.717) is 13.2 Å². The van der Waals surface area contributed by atoms with Crippen molar-refractivity contribution < 1.29 is 9.47 Å². The largest absolute Gasteiger partial charge is 0.490 e. The normalized spacial score (nSPS) is 10.4. The number of anilines is 1. The average molecular weight is 299 g/mol. The lowest BCUT2D eigenvalue weighted by Gasteiger charge is -2.14. The summed E-state index contributed by atoms with van der Waals surface area (Å²) in [6.07, 6.45) is 0. The Bertz CT molecular complexity index is 623. The van der Waals surface area contributed by atoms with Crippen LogP contribution in [0.15, 0.2) is 36.4 Å². The van der Waals surface area contributed by atoms with Crippen LogP contribution in [-0.4, -0.2) is 13.2 Å². The van der Waals surface area contributed by atoms with Crippen LogP contribution < -0.4 is 14.8 Å². The van der Waals surface area contributed by atoms with E-state index in [4.69, 9.17) is 9.47 Å². The Labute approximate surface area is 133 Å². The second-order valence-corrected chi connectivity index (χ2v) is 5.32. The van der Waals surface area contributed by atoms with Crippen molar-refractivity contribution in [3.8, 4) is 11.5 Å². The van der Waals surface area contributed by atoms with E-state index in [0.717, 1.165) is 18.0 Å². The van der Waals surface area contributed by atoms with Gasteiger partial charge >= 0.3 is 0 Å². The summed E-state index contributed by atoms with van der Waals surface area (Å²) in [5.74, 6) is 1.62. The van der Waals surface area contributed by atoms with Crippen LogP contribution in [0.2, 0.25) is 0 Å². The van der Waals surface area contributed by atoms with Crippen molar-refractivity contribution >= 4 is 5.69 Å². The maximum Gasteiger partial charge on any atom is 0.161 e. The van der Waals surface area contributed by atoms with Crippen molar-refractivity contribution in [1.82, 2.24) is 0 Å². The molecular weight excluding hydrogens is 274 g/mol. The minimum absolute atomic E-state index is 0.633. The fraction of sp³-hybridized carbons (Fsp3) is 0.368. The number of nitrogens with one attached hydrogen (secondary N) is 1. The van der Waals surface area contributed by atoms with Gasteiger partial charge in [-0.2, -0.15) is 0 Å². The molecule has 0 heterocycles. The summed E-state index contributed by atoms with van der Waals surface area (Å²) < 4.78 is 11.3. The zero-order valence-corrected chi connectivity index (χ0v) is 13.9. The average Bonchev–Trinajstić information content (AvgIpc) is 2.51. The smallest absolute Gasteiger partial charge is 0.161 e. The summed E-state index contributed by atoms with van der Waals surface area (Å²) in [5.41, 5.74) is 4.86. The molecule has 0 amide bonds. The first-order valence-electron chi connectivity index (χ1n) is 7.83. The maximum atomic E-state index is 5.67. The lowest BCUT2D eigenvalue weighted by Crippen LogP contribution is -2.03. The van der Waals surface area contributed by atoms with Gasteiger partial charge in [0.2, 0.25) is 0 Å². The molecule has 0 radical (unpaired) electrons. The Kier molecular flexibility index (Phi) is 5.70. The Morgan fingerprint density at radius 3 is 2.32 bits per heavy atom. The lowest BCUT2D eigenvalue weighted by atomic mass is 10.1. The minimum atomic E-state index is 0.633. The third-order valence-electron chi connectivity index (χ3n) is 3.48. The second-order valence-electron chi connectivity index (χ2n) is 5.32. The molecule has 2 aromatic rings. The van der Waals surface area contributed by atoms with Crippen LogP contribution in [0.3, 0.4) is 0 Å². The third-order valence-corrected chi connectivity index (χ3v) is 3.48. The maximum absolute atomic E-state index is 5.67. The SMILES string of the molecule is CCOc1ccc(CNc2cc(C)ccc2C)cc1OCC. The first-order valence-corrected chi connectivity index (χ1v) is 7.83. The lowest BCUT2D eigenvalue weighted by molar-refractivity contribution is 0.287. The van der Waals surface area contributed by atoms with E-state index in [1.165, 1.54) is 22.4 Å². The monoisotopic (exact) mass is 299 g/mol. The summed E-state index contributed by atoms with van der Waals surface area (Å²) >= 11 is 0. The predicted octanol–water partition coefficient (Wildman–Crippen LogP) is 4.71. The van der Waals surface area contributed by atoms with Gasteiger partial charge in [0.1, 0.15) is 0 Å². The molecule has 0 bridgehead atoms. The first-order chi connectivity index (χ1) is 10.6. The number of hydrogen-bond acceptors (Lipinski definition) is 3. The van der Waals surface area contributed by atoms with Gasteiger partial charge in [0.15, 0.2) is 11.5 Å². The van der Waals surface area contributed by atoms with Gasteiger partial charge < -0.3 is 14.8 Å². The van der Waals surface area contributed by atoms with Crippen LogP contribution >= 0.6 is 0 Å². The molecule has 0 saturated carbocycles. The van der Waals surface area contributed by atoms with Crippen LogP contribution in [0, 0.1) is 13.8 Å². The number of benzene rings is 2. The summed E-state index contributed by atoms with van der Waals surface area (Å²) in [4.78, 5) is 0. The van der Waals surface area contributed by atoms with Crippen LogP contribution in [0.1, 0.15) is 30.5 Å². The number of aryl methyl sites for hydroxylation is 2. The van der Waals surface area contributed by atoms with Gasteiger partial charge in [-0.25, -0.2) is 0 Å². The molecule has 0 aromatic heterocycles. The molecule has 0 aliphatic rings. The van der Waals surface area contributed by atoms with Gasteiger partial charge in [-0.3, -0.25) is 0 Å². The molecule has 0 fully saturated rings. The first kappa shape index (κ1) is 16.2. The standard InChI is InChI=1S/C19H25NO2/c1-5-21-18-10-9-16(12-19(18)22-6-2)13-20-17-11-14(3)7-8-15(17)4/h7-12,20H,5-6,13H2,1-4H3. The molecule has 3 heteroatoms. The summed E-state index contributed by atoms with van der Waals surface area (Å²) in [6, 6.07) is 12.5. The molecule has 0 saturated heterocycles. The zero-order chi connectivity index (χ0) is 15.9. The Morgan fingerprint density at radius 2 is 1.59 bits per heavy atom. The molecule has 2 aromatic carbocycles. The topological polar surface area (TPSA) is 30.5 Å². The number of rotatable bonds is 7. The van der Waals surface area contributed by atoms with Gasteiger partial charge in [-0.15, -0.1) is 0 Å². The van der Waals surface area contributed by atoms with Gasteiger partial charge in [0.25, 0.3) is 0 Å². The van der Waals surface area contributed by atoms with Gasteiger partial charge in [-0.05, 0) is 62.6 Å². The Balaban J connectivity index is 2.12. The zero-order valence-electron chi connectivity index (χ0n) is 13.9. The van der Waals surface area contributed by atoms with Gasteiger partial charge in [0, 0.05) is 12.2 Å². The highest BCUT2D eigenvalue weighted by atomic mass is 16.5. The van der Waals surface area contributed by atoms with Gasteiger partial charge in [0.05, 0.1) is 13.2 Å². The highest BCUT2D eigenvalue weighted by molar-refractivity contribution is 5.53. The van der Waals surface area contributed by atoms with Crippen molar-refractivity contribution in [1.29, 1.82) is 0 Å². The van der Waals surface area contributed by atoms with Crippen LogP contribution in [0.4, 0.5) is 5.69 Å². The highest BCUT2D eigenvalue weighted by Crippen LogP contribution is 2.29. The summed E-state index contributed by atoms with van der Waals surface area (Å²) in [6.45, 7) is 10.2. The van der Waals surface area contributed by atoms with Crippen LogP contribution in [0.25, 0.3) is 0 Å². The molecule has 1 N–H and O–H groups in total. The summed E-state index contributed by atoms with van der Waals surface area (Å²) in [5, 5.41) is 3.49. The second kappa shape index (κ2) is 7.74. The molecule has 0 spiro atoms. The van der Waals surface area contributed by atoms with E-state index >= 15 is 0 Å². The molecule has 118 valence electrons. The Morgan fingerprint density at radius 1 is 0.864 bits per heavy atom. The fourth-order valence-electron chi connectivity index (χ4n) is 2.33. The van der Waals surface area contributed by atoms with Crippen molar-refractivity contribution in [2.24, 2.45) is 0 Å². The fourth-order valence-corrected chi connectivity index (χ4v) is 2.33. The van der Waals surface area contributed by atoms with Crippen LogP contribution in [-0.2, 0) is 6.54 Å². The minimum Gasteiger partial charge on any atom is -0.490 e. The summed E-state index contributed by atoms with van der Waals surface area (Å²) in [7, 11) is 0. The molecular formula is C19H25NO2. The quantitative estimate of drug-likeness (QED) is 0.803. The molecule has 3 nitrogen and oxygen atoms in total. The number of hydrogen-bond donors (Lipinski definition) is 1. The predicted molar refractivity (Wildman–Crippen MR) is 92.0 cm³/mol. The van der Waals surface area contributed by atoms with E-state index in [9.17, 15) is 0 Å². The molecule has 0 atom stereocenters. The molecule has 2 rings (SSSR count). The highest BCUT2D eigenvalue weighted by Gasteiger charge is 2.06. The van der Waals surface area contributed by atoms with E-state index in [2.05, 4.69) is 43.4 Å². The van der Waals surface area contributed by atoms with E-state index in [1.807, 2.05) is 26.0 Å². The van der Waals surface area contributed by atoms with Crippen molar-refractivity contribution in [2.45, 2.75) is 34.2 Å². The van der Waals surface area contributed by atoms with Crippen LogP contribution in [0.5, 0.6) is 11.5 Å². The Hall–Kier alpha value is -2.16. The molecule has 0 unspecified atom stereocenters.